The number of carboxylic acids is 1. The van der Waals surface area contributed by atoms with Crippen molar-refractivity contribution in [1.82, 2.24) is 0 Å². The summed E-state index contributed by atoms with van der Waals surface area (Å²) in [6, 6.07) is 4.99. The summed E-state index contributed by atoms with van der Waals surface area (Å²) in [5, 5.41) is 19.5. The lowest BCUT2D eigenvalue weighted by molar-refractivity contribution is -0.146. The Morgan fingerprint density at radius 2 is 2.12 bits per heavy atom. The van der Waals surface area contributed by atoms with Gasteiger partial charge in [0.15, 0.2) is 0 Å². The van der Waals surface area contributed by atoms with Crippen molar-refractivity contribution < 1.29 is 19.4 Å². The molecular weight excluding hydrogens is 220 g/mol. The molecule has 1 aromatic carbocycles. The van der Waals surface area contributed by atoms with Crippen molar-refractivity contribution in [3.63, 3.8) is 0 Å². The van der Waals surface area contributed by atoms with E-state index < -0.39 is 11.4 Å². The lowest BCUT2D eigenvalue weighted by Gasteiger charge is -2.17. The number of aliphatic carboxylic acids is 1. The Morgan fingerprint density at radius 1 is 1.41 bits per heavy atom. The number of carbonyl (C=O) groups is 1. The maximum Gasteiger partial charge on any atom is 0.309 e. The van der Waals surface area contributed by atoms with Gasteiger partial charge in [-0.1, -0.05) is 6.07 Å². The molecule has 0 unspecified atom stereocenters. The number of phenols is 1. The molecule has 0 amide bonds. The van der Waals surface area contributed by atoms with Crippen molar-refractivity contribution in [1.29, 1.82) is 0 Å². The van der Waals surface area contributed by atoms with Crippen LogP contribution in [0, 0.1) is 5.41 Å². The van der Waals surface area contributed by atoms with E-state index in [1.165, 1.54) is 6.26 Å². The quantitative estimate of drug-likeness (QED) is 0.856. The number of hydrogen-bond acceptors (Lipinski definition) is 3. The summed E-state index contributed by atoms with van der Waals surface area (Å²) in [7, 11) is 0. The van der Waals surface area contributed by atoms with Crippen LogP contribution < -0.4 is 0 Å². The van der Waals surface area contributed by atoms with Crippen molar-refractivity contribution in [2.45, 2.75) is 20.3 Å². The molecule has 2 rings (SSSR count). The van der Waals surface area contributed by atoms with Gasteiger partial charge in [0.1, 0.15) is 11.3 Å². The van der Waals surface area contributed by atoms with Crippen LogP contribution >= 0.6 is 0 Å². The number of aromatic hydroxyl groups is 1. The first-order chi connectivity index (χ1) is 7.92. The van der Waals surface area contributed by atoms with Gasteiger partial charge >= 0.3 is 5.97 Å². The van der Waals surface area contributed by atoms with Crippen LogP contribution in [0.1, 0.15) is 19.4 Å². The third-order valence-electron chi connectivity index (χ3n) is 2.86. The lowest BCUT2D eigenvalue weighted by atomic mass is 9.86. The molecule has 90 valence electrons. The smallest absolute Gasteiger partial charge is 0.309 e. The fourth-order valence-corrected chi connectivity index (χ4v) is 1.82. The standard InChI is InChI=1S/C13H14O4/c1-13(2,12(15)16)6-8-7-17-10-5-3-4-9(14)11(8)10/h3-5,7,14H,6H2,1-2H3,(H,15,16). The molecule has 0 aliphatic rings. The summed E-state index contributed by atoms with van der Waals surface area (Å²) < 4.78 is 5.30. The lowest BCUT2D eigenvalue weighted by Crippen LogP contribution is -2.26. The predicted molar refractivity (Wildman–Crippen MR) is 63.0 cm³/mol. The van der Waals surface area contributed by atoms with E-state index in [1.807, 2.05) is 0 Å². The Morgan fingerprint density at radius 3 is 2.76 bits per heavy atom. The SMILES string of the molecule is CC(C)(Cc1coc2cccc(O)c12)C(=O)O. The van der Waals surface area contributed by atoms with E-state index in [-0.39, 0.29) is 5.75 Å². The number of rotatable bonds is 3. The van der Waals surface area contributed by atoms with Crippen LogP contribution in [-0.2, 0) is 11.2 Å². The summed E-state index contributed by atoms with van der Waals surface area (Å²) >= 11 is 0. The molecule has 0 atom stereocenters. The Balaban J connectivity index is 2.47. The molecular formula is C13H14O4. The molecule has 0 radical (unpaired) electrons. The summed E-state index contributed by atoms with van der Waals surface area (Å²) in [5.41, 5.74) is 0.394. The van der Waals surface area contributed by atoms with Gasteiger partial charge in [-0.25, -0.2) is 0 Å². The predicted octanol–water partition coefficient (Wildman–Crippen LogP) is 2.79. The molecule has 1 aromatic heterocycles. The first-order valence-corrected chi connectivity index (χ1v) is 5.33. The minimum Gasteiger partial charge on any atom is -0.507 e. The zero-order chi connectivity index (χ0) is 12.6. The number of benzene rings is 1. The first kappa shape index (κ1) is 11.5. The van der Waals surface area contributed by atoms with E-state index in [4.69, 9.17) is 9.52 Å². The third-order valence-corrected chi connectivity index (χ3v) is 2.86. The molecule has 0 aliphatic heterocycles. The molecule has 0 saturated carbocycles. The molecule has 4 heteroatoms. The maximum absolute atomic E-state index is 11.1. The summed E-state index contributed by atoms with van der Waals surface area (Å²) in [5.74, 6) is -0.755. The topological polar surface area (TPSA) is 70.7 Å². The van der Waals surface area contributed by atoms with Crippen molar-refractivity contribution in [3.8, 4) is 5.75 Å². The molecule has 2 N–H and O–H groups in total. The van der Waals surface area contributed by atoms with E-state index in [0.717, 1.165) is 0 Å². The number of furan rings is 1. The highest BCUT2D eigenvalue weighted by molar-refractivity contribution is 5.88. The van der Waals surface area contributed by atoms with Crippen molar-refractivity contribution in [2.24, 2.45) is 5.41 Å². The summed E-state index contributed by atoms with van der Waals surface area (Å²) in [6.45, 7) is 3.29. The van der Waals surface area contributed by atoms with Crippen molar-refractivity contribution in [2.75, 3.05) is 0 Å². The number of fused-ring (bicyclic) bond motifs is 1. The normalized spacial score (nSPS) is 11.9. The zero-order valence-electron chi connectivity index (χ0n) is 9.73. The van der Waals surface area contributed by atoms with E-state index in [1.54, 1.807) is 32.0 Å². The monoisotopic (exact) mass is 234 g/mol. The Labute approximate surface area is 98.5 Å². The van der Waals surface area contributed by atoms with E-state index in [9.17, 15) is 9.90 Å². The molecule has 0 bridgehead atoms. The van der Waals surface area contributed by atoms with Gasteiger partial charge in [0, 0.05) is 5.56 Å². The van der Waals surface area contributed by atoms with Gasteiger partial charge in [-0.3, -0.25) is 4.79 Å². The summed E-state index contributed by atoms with van der Waals surface area (Å²) in [6.07, 6.45) is 1.82. The minimum atomic E-state index is -0.890. The molecule has 4 nitrogen and oxygen atoms in total. The fourth-order valence-electron chi connectivity index (χ4n) is 1.82. The zero-order valence-corrected chi connectivity index (χ0v) is 9.73. The van der Waals surface area contributed by atoms with Crippen LogP contribution in [0.3, 0.4) is 0 Å². The highest BCUT2D eigenvalue weighted by Gasteiger charge is 2.29. The van der Waals surface area contributed by atoms with Crippen molar-refractivity contribution >= 4 is 16.9 Å². The van der Waals surface area contributed by atoms with Crippen LogP contribution in [0.5, 0.6) is 5.75 Å². The number of carboxylic acid groups (broad SMARTS) is 1. The van der Waals surface area contributed by atoms with Crippen LogP contribution in [0.15, 0.2) is 28.9 Å². The molecule has 2 aromatic rings. The second-order valence-electron chi connectivity index (χ2n) is 4.78. The molecule has 0 saturated heterocycles. The van der Waals surface area contributed by atoms with Crippen LogP contribution in [-0.4, -0.2) is 16.2 Å². The maximum atomic E-state index is 11.1. The van der Waals surface area contributed by atoms with Gasteiger partial charge in [0.05, 0.1) is 17.1 Å². The second kappa shape index (κ2) is 3.80. The van der Waals surface area contributed by atoms with E-state index in [0.29, 0.717) is 23.0 Å². The molecule has 0 aliphatic carbocycles. The Hall–Kier alpha value is -1.97. The first-order valence-electron chi connectivity index (χ1n) is 5.33. The van der Waals surface area contributed by atoms with Gasteiger partial charge in [-0.2, -0.15) is 0 Å². The Bertz CT molecular complexity index is 566. The second-order valence-corrected chi connectivity index (χ2v) is 4.78. The molecule has 1 heterocycles. The van der Waals surface area contributed by atoms with Crippen LogP contribution in [0.25, 0.3) is 11.0 Å². The summed E-state index contributed by atoms with van der Waals surface area (Å²) in [4.78, 5) is 11.1. The number of phenolic OH excluding ortho intramolecular Hbond substituents is 1. The highest BCUT2D eigenvalue weighted by Crippen LogP contribution is 2.33. The van der Waals surface area contributed by atoms with E-state index >= 15 is 0 Å². The minimum absolute atomic E-state index is 0.118. The van der Waals surface area contributed by atoms with Crippen LogP contribution in [0.4, 0.5) is 0 Å². The average Bonchev–Trinajstić information content (AvgIpc) is 2.62. The molecule has 0 fully saturated rings. The number of hydrogen-bond donors (Lipinski definition) is 2. The van der Waals surface area contributed by atoms with Gasteiger partial charge in [-0.05, 0) is 32.4 Å². The molecule has 0 spiro atoms. The van der Waals surface area contributed by atoms with Gasteiger partial charge in [-0.15, -0.1) is 0 Å². The van der Waals surface area contributed by atoms with Gasteiger partial charge < -0.3 is 14.6 Å². The van der Waals surface area contributed by atoms with Crippen LogP contribution in [0.2, 0.25) is 0 Å². The fraction of sp³-hybridized carbons (Fsp3) is 0.308. The average molecular weight is 234 g/mol. The largest absolute Gasteiger partial charge is 0.507 e. The van der Waals surface area contributed by atoms with E-state index in [2.05, 4.69) is 0 Å². The van der Waals surface area contributed by atoms with Gasteiger partial charge in [0.25, 0.3) is 0 Å². The highest BCUT2D eigenvalue weighted by atomic mass is 16.4. The molecule has 17 heavy (non-hydrogen) atoms. The van der Waals surface area contributed by atoms with Crippen molar-refractivity contribution in [3.05, 3.63) is 30.0 Å². The Kier molecular flexibility index (Phi) is 2.58. The van der Waals surface area contributed by atoms with Gasteiger partial charge in [0.2, 0.25) is 0 Å². The third kappa shape index (κ3) is 1.98.